The van der Waals surface area contributed by atoms with E-state index in [2.05, 4.69) is 15.6 Å². The number of hydrogen-bond donors (Lipinski definition) is 2. The molecule has 2 N–H and O–H groups in total. The summed E-state index contributed by atoms with van der Waals surface area (Å²) in [4.78, 5) is 41.3. The minimum Gasteiger partial charge on any atom is -0.451 e. The second-order valence-electron chi connectivity index (χ2n) is 6.75. The second-order valence-corrected chi connectivity index (χ2v) is 8.03. The third kappa shape index (κ3) is 6.58. The van der Waals surface area contributed by atoms with Crippen molar-refractivity contribution in [3.05, 3.63) is 57.2 Å². The fourth-order valence-corrected chi connectivity index (χ4v) is 2.90. The molecule has 0 saturated carbocycles. The second kappa shape index (κ2) is 10.6. The van der Waals surface area contributed by atoms with E-state index in [9.17, 15) is 14.4 Å². The monoisotopic (exact) mass is 471 g/mol. The predicted octanol–water partition coefficient (Wildman–Crippen LogP) is 4.37. The number of rotatable bonds is 7. The molecule has 0 bridgehead atoms. The molecule has 2 atom stereocenters. The van der Waals surface area contributed by atoms with Crippen LogP contribution in [0.25, 0.3) is 0 Å². The normalized spacial score (nSPS) is 12.8. The minimum absolute atomic E-state index is 0.0883. The van der Waals surface area contributed by atoms with E-state index in [1.807, 2.05) is 0 Å². The van der Waals surface area contributed by atoms with Gasteiger partial charge in [0.2, 0.25) is 0 Å². The number of benzene rings is 1. The van der Waals surface area contributed by atoms with E-state index in [-0.39, 0.29) is 16.8 Å². The lowest BCUT2D eigenvalue weighted by molar-refractivity contribution is -0.156. The maximum atomic E-state index is 12.6. The van der Waals surface area contributed by atoms with Gasteiger partial charge in [0, 0.05) is 16.8 Å². The number of nitrogens with one attached hydrogen (secondary N) is 2. The lowest BCUT2D eigenvalue weighted by Crippen LogP contribution is -2.47. The van der Waals surface area contributed by atoms with Gasteiger partial charge in [-0.05, 0) is 43.2 Å². The number of carbonyl (C=O) groups is 3. The maximum Gasteiger partial charge on any atom is 0.329 e. The number of halogens is 3. The van der Waals surface area contributed by atoms with Gasteiger partial charge in [0.15, 0.2) is 11.9 Å². The van der Waals surface area contributed by atoms with Crippen LogP contribution in [0.15, 0.2) is 36.5 Å². The molecule has 0 saturated heterocycles. The van der Waals surface area contributed by atoms with E-state index >= 15 is 0 Å². The quantitative estimate of drug-likeness (QED) is 0.583. The van der Waals surface area contributed by atoms with Gasteiger partial charge in [-0.15, -0.1) is 0 Å². The van der Waals surface area contributed by atoms with E-state index in [0.29, 0.717) is 15.6 Å². The van der Waals surface area contributed by atoms with Gasteiger partial charge >= 0.3 is 5.97 Å². The van der Waals surface area contributed by atoms with Crippen molar-refractivity contribution in [2.45, 2.75) is 32.9 Å². The summed E-state index contributed by atoms with van der Waals surface area (Å²) >= 11 is 17.6. The number of amides is 2. The van der Waals surface area contributed by atoms with Gasteiger partial charge in [0.05, 0.1) is 10.0 Å². The third-order valence-corrected chi connectivity index (χ3v) is 4.77. The average molecular weight is 473 g/mol. The molecular weight excluding hydrogens is 453 g/mol. The van der Waals surface area contributed by atoms with Crippen molar-refractivity contribution in [3.63, 3.8) is 0 Å². The van der Waals surface area contributed by atoms with Crippen molar-refractivity contribution in [2.24, 2.45) is 5.92 Å². The predicted molar refractivity (Wildman–Crippen MR) is 116 cm³/mol. The first-order chi connectivity index (χ1) is 14.1. The Morgan fingerprint density at radius 2 is 1.63 bits per heavy atom. The topological polar surface area (TPSA) is 97.4 Å². The Balaban J connectivity index is 2.01. The number of aromatic nitrogens is 1. The molecule has 2 aromatic rings. The van der Waals surface area contributed by atoms with Crippen LogP contribution in [0.4, 0.5) is 5.82 Å². The zero-order chi connectivity index (χ0) is 22.4. The van der Waals surface area contributed by atoms with Crippen molar-refractivity contribution < 1.29 is 19.1 Å². The molecular formula is C20H20Cl3N3O4. The first-order valence-corrected chi connectivity index (χ1v) is 10.1. The molecule has 30 heavy (non-hydrogen) atoms. The number of carbonyl (C=O) groups excluding carboxylic acids is 3. The maximum absolute atomic E-state index is 12.6. The van der Waals surface area contributed by atoms with Gasteiger partial charge in [-0.1, -0.05) is 48.7 Å². The zero-order valence-electron chi connectivity index (χ0n) is 16.4. The molecule has 1 aromatic heterocycles. The molecule has 0 aliphatic heterocycles. The van der Waals surface area contributed by atoms with E-state index in [0.717, 1.165) is 0 Å². The largest absolute Gasteiger partial charge is 0.451 e. The molecule has 10 heteroatoms. The summed E-state index contributed by atoms with van der Waals surface area (Å²) in [6.45, 7) is 4.89. The van der Waals surface area contributed by atoms with Crippen LogP contribution in [-0.4, -0.2) is 34.9 Å². The molecule has 2 rings (SSSR count). The van der Waals surface area contributed by atoms with Crippen LogP contribution in [-0.2, 0) is 14.3 Å². The standard InChI is InChI=1S/C20H20Cl3N3O4/c1-10(2)16(25-19(28)12-4-6-13(21)7-5-12)20(29)30-11(3)18(27)26-17-15(23)8-14(22)9-24-17/h4-11,16H,1-3H3,(H,25,28)(H,24,26,27). The fourth-order valence-electron chi connectivity index (χ4n) is 2.35. The van der Waals surface area contributed by atoms with E-state index < -0.39 is 29.9 Å². The summed E-state index contributed by atoms with van der Waals surface area (Å²) in [6, 6.07) is 6.69. The molecule has 0 spiro atoms. The molecule has 2 amide bonds. The number of anilines is 1. The Kier molecular flexibility index (Phi) is 8.46. The molecule has 2 unspecified atom stereocenters. The fraction of sp³-hybridized carbons (Fsp3) is 0.300. The summed E-state index contributed by atoms with van der Waals surface area (Å²) in [6.07, 6.45) is 0.167. The summed E-state index contributed by atoms with van der Waals surface area (Å²) in [7, 11) is 0. The SMILES string of the molecule is CC(OC(=O)C(NC(=O)c1ccc(Cl)cc1)C(C)C)C(=O)Nc1ncc(Cl)cc1Cl. The van der Waals surface area contributed by atoms with Crippen molar-refractivity contribution >= 4 is 58.4 Å². The highest BCUT2D eigenvalue weighted by atomic mass is 35.5. The number of nitrogens with zero attached hydrogens (tertiary/aromatic N) is 1. The Labute approximate surface area is 189 Å². The molecule has 160 valence electrons. The van der Waals surface area contributed by atoms with Crippen LogP contribution in [0, 0.1) is 5.92 Å². The van der Waals surface area contributed by atoms with Crippen molar-refractivity contribution in [2.75, 3.05) is 5.32 Å². The van der Waals surface area contributed by atoms with E-state index in [1.54, 1.807) is 38.1 Å². The Morgan fingerprint density at radius 1 is 1.00 bits per heavy atom. The van der Waals surface area contributed by atoms with E-state index in [4.69, 9.17) is 39.5 Å². The molecule has 0 aliphatic rings. The lowest BCUT2D eigenvalue weighted by atomic mass is 10.0. The highest BCUT2D eigenvalue weighted by Gasteiger charge is 2.29. The number of hydrogen-bond acceptors (Lipinski definition) is 5. The Bertz CT molecular complexity index is 935. The highest BCUT2D eigenvalue weighted by Crippen LogP contribution is 2.22. The third-order valence-electron chi connectivity index (χ3n) is 4.03. The van der Waals surface area contributed by atoms with Gasteiger partial charge in [-0.2, -0.15) is 0 Å². The van der Waals surface area contributed by atoms with Gasteiger partial charge in [0.25, 0.3) is 11.8 Å². The number of ether oxygens (including phenoxy) is 1. The van der Waals surface area contributed by atoms with Crippen LogP contribution in [0.3, 0.4) is 0 Å². The van der Waals surface area contributed by atoms with E-state index in [1.165, 1.54) is 19.2 Å². The van der Waals surface area contributed by atoms with Crippen LogP contribution in [0.2, 0.25) is 15.1 Å². The summed E-state index contributed by atoms with van der Waals surface area (Å²) < 4.78 is 5.24. The summed E-state index contributed by atoms with van der Waals surface area (Å²) in [5, 5.41) is 6.03. The lowest BCUT2D eigenvalue weighted by Gasteiger charge is -2.23. The summed E-state index contributed by atoms with van der Waals surface area (Å²) in [5.41, 5.74) is 0.340. The van der Waals surface area contributed by atoms with Crippen LogP contribution in [0.1, 0.15) is 31.1 Å². The van der Waals surface area contributed by atoms with Gasteiger partial charge in [0.1, 0.15) is 6.04 Å². The highest BCUT2D eigenvalue weighted by molar-refractivity contribution is 6.36. The van der Waals surface area contributed by atoms with Crippen molar-refractivity contribution in [1.82, 2.24) is 10.3 Å². The molecule has 1 heterocycles. The van der Waals surface area contributed by atoms with Gasteiger partial charge in [-0.25, -0.2) is 9.78 Å². The zero-order valence-corrected chi connectivity index (χ0v) is 18.7. The minimum atomic E-state index is -1.15. The Hall–Kier alpha value is -2.35. The van der Waals surface area contributed by atoms with Crippen LogP contribution in [0.5, 0.6) is 0 Å². The molecule has 0 aliphatic carbocycles. The van der Waals surface area contributed by atoms with Gasteiger partial charge in [-0.3, -0.25) is 9.59 Å². The first kappa shape index (κ1) is 23.9. The molecule has 7 nitrogen and oxygen atoms in total. The number of pyridine rings is 1. The smallest absolute Gasteiger partial charge is 0.329 e. The average Bonchev–Trinajstić information content (AvgIpc) is 2.68. The molecule has 0 radical (unpaired) electrons. The first-order valence-electron chi connectivity index (χ1n) is 8.97. The summed E-state index contributed by atoms with van der Waals surface area (Å²) in [5.74, 6) is -2.03. The molecule has 1 aromatic carbocycles. The van der Waals surface area contributed by atoms with Crippen LogP contribution >= 0.6 is 34.8 Å². The Morgan fingerprint density at radius 3 is 2.20 bits per heavy atom. The van der Waals surface area contributed by atoms with Crippen molar-refractivity contribution in [1.29, 1.82) is 0 Å². The molecule has 0 fully saturated rings. The number of esters is 1. The van der Waals surface area contributed by atoms with Crippen molar-refractivity contribution in [3.8, 4) is 0 Å². The van der Waals surface area contributed by atoms with Gasteiger partial charge < -0.3 is 15.4 Å². The van der Waals surface area contributed by atoms with Crippen LogP contribution < -0.4 is 10.6 Å².